The molecule has 0 amide bonds. The van der Waals surface area contributed by atoms with Gasteiger partial charge in [0.05, 0.1) is 0 Å². The number of benzene rings is 1. The number of fused-ring (bicyclic) bond motifs is 2. The Morgan fingerprint density at radius 2 is 2.00 bits per heavy atom. The van der Waals surface area contributed by atoms with Gasteiger partial charge in [0, 0.05) is 37.4 Å². The fourth-order valence-electron chi connectivity index (χ4n) is 3.67. The van der Waals surface area contributed by atoms with Gasteiger partial charge in [-0.25, -0.2) is 4.79 Å². The van der Waals surface area contributed by atoms with E-state index in [0.717, 1.165) is 43.9 Å². The van der Waals surface area contributed by atoms with Crippen molar-refractivity contribution < 1.29 is 0 Å². The fraction of sp³-hybridized carbons (Fsp3) is 0.412. The van der Waals surface area contributed by atoms with Crippen LogP contribution in [-0.4, -0.2) is 28.0 Å². The second kappa shape index (κ2) is 5.79. The summed E-state index contributed by atoms with van der Waals surface area (Å²) >= 11 is 0. The van der Waals surface area contributed by atoms with Crippen LogP contribution < -0.4 is 16.6 Å². The van der Waals surface area contributed by atoms with Crippen LogP contribution in [-0.2, 0) is 32.5 Å². The maximum atomic E-state index is 11.8. The number of aromatic nitrogens is 2. The number of hydrogen-bond donors (Lipinski definition) is 3. The third-order valence-corrected chi connectivity index (χ3v) is 4.82. The van der Waals surface area contributed by atoms with Crippen LogP contribution in [0, 0.1) is 0 Å². The van der Waals surface area contributed by atoms with Crippen LogP contribution in [0.1, 0.15) is 27.9 Å². The van der Waals surface area contributed by atoms with Crippen molar-refractivity contribution in [1.82, 2.24) is 20.2 Å². The van der Waals surface area contributed by atoms with Crippen LogP contribution in [0.2, 0.25) is 0 Å². The molecule has 0 saturated heterocycles. The molecular formula is C17H20N4O2. The smallest absolute Gasteiger partial charge is 0.312 e. The lowest BCUT2D eigenvalue weighted by molar-refractivity contribution is 0.239. The first-order valence-corrected chi connectivity index (χ1v) is 8.08. The van der Waals surface area contributed by atoms with Gasteiger partial charge in [0.2, 0.25) is 0 Å². The normalized spacial score (nSPS) is 17.6. The van der Waals surface area contributed by atoms with E-state index in [0.29, 0.717) is 13.0 Å². The molecule has 0 unspecified atom stereocenters. The molecule has 0 bridgehead atoms. The van der Waals surface area contributed by atoms with E-state index >= 15 is 0 Å². The van der Waals surface area contributed by atoms with Crippen molar-refractivity contribution in [2.75, 3.05) is 13.1 Å². The van der Waals surface area contributed by atoms with Crippen LogP contribution in [0.25, 0.3) is 0 Å². The molecule has 0 atom stereocenters. The van der Waals surface area contributed by atoms with Gasteiger partial charge in [0.1, 0.15) is 0 Å². The number of nitrogens with zero attached hydrogens (tertiary/aromatic N) is 1. The lowest BCUT2D eigenvalue weighted by Gasteiger charge is -2.29. The van der Waals surface area contributed by atoms with Crippen molar-refractivity contribution in [1.29, 1.82) is 0 Å². The van der Waals surface area contributed by atoms with Gasteiger partial charge in [0.15, 0.2) is 0 Å². The van der Waals surface area contributed by atoms with Gasteiger partial charge in [-0.05, 0) is 36.1 Å². The van der Waals surface area contributed by atoms with E-state index in [1.165, 1.54) is 16.7 Å². The summed E-state index contributed by atoms with van der Waals surface area (Å²) in [6.45, 7) is 4.28. The topological polar surface area (TPSA) is 81.0 Å². The lowest BCUT2D eigenvalue weighted by atomic mass is 9.94. The maximum absolute atomic E-state index is 11.8. The number of H-pyrrole nitrogens is 2. The Morgan fingerprint density at radius 1 is 1.09 bits per heavy atom. The quantitative estimate of drug-likeness (QED) is 0.743. The monoisotopic (exact) mass is 312 g/mol. The summed E-state index contributed by atoms with van der Waals surface area (Å²) in [6, 6.07) is 6.50. The fourth-order valence-corrected chi connectivity index (χ4v) is 3.67. The third kappa shape index (κ3) is 2.75. The molecule has 23 heavy (non-hydrogen) atoms. The molecule has 0 aliphatic carbocycles. The summed E-state index contributed by atoms with van der Waals surface area (Å²) in [4.78, 5) is 30.7. The average molecular weight is 312 g/mol. The molecule has 0 spiro atoms. The van der Waals surface area contributed by atoms with E-state index in [4.69, 9.17) is 0 Å². The number of hydrogen-bond acceptors (Lipinski definition) is 4. The Bertz CT molecular complexity index is 852. The zero-order valence-corrected chi connectivity index (χ0v) is 12.9. The molecule has 0 radical (unpaired) electrons. The molecular weight excluding hydrogens is 292 g/mol. The van der Waals surface area contributed by atoms with E-state index in [1.807, 2.05) is 0 Å². The van der Waals surface area contributed by atoms with Crippen molar-refractivity contribution in [3.05, 3.63) is 67.0 Å². The Labute approximate surface area is 133 Å². The zero-order valence-electron chi connectivity index (χ0n) is 12.9. The van der Waals surface area contributed by atoms with Crippen LogP contribution >= 0.6 is 0 Å². The first-order chi connectivity index (χ1) is 11.2. The minimum absolute atomic E-state index is 0.244. The number of rotatable bonds is 2. The van der Waals surface area contributed by atoms with Crippen LogP contribution in [0.15, 0.2) is 27.8 Å². The molecule has 0 saturated carbocycles. The first-order valence-electron chi connectivity index (χ1n) is 8.08. The third-order valence-electron chi connectivity index (χ3n) is 4.82. The molecule has 4 rings (SSSR count). The largest absolute Gasteiger partial charge is 0.325 e. The molecule has 1 aromatic heterocycles. The van der Waals surface area contributed by atoms with Crippen molar-refractivity contribution >= 4 is 0 Å². The number of aromatic amines is 2. The Kier molecular flexibility index (Phi) is 3.63. The molecule has 3 N–H and O–H groups in total. The van der Waals surface area contributed by atoms with E-state index in [-0.39, 0.29) is 5.56 Å². The van der Waals surface area contributed by atoms with Crippen molar-refractivity contribution in [3.8, 4) is 0 Å². The van der Waals surface area contributed by atoms with Crippen LogP contribution in [0.4, 0.5) is 0 Å². The molecule has 6 heteroatoms. The highest BCUT2D eigenvalue weighted by Gasteiger charge is 2.21. The first kappa shape index (κ1) is 14.4. The summed E-state index contributed by atoms with van der Waals surface area (Å²) in [7, 11) is 0. The van der Waals surface area contributed by atoms with Crippen LogP contribution in [0.5, 0.6) is 0 Å². The summed E-state index contributed by atoms with van der Waals surface area (Å²) in [5.41, 5.74) is 5.02. The molecule has 3 heterocycles. The average Bonchev–Trinajstić information content (AvgIpc) is 2.55. The van der Waals surface area contributed by atoms with E-state index in [2.05, 4.69) is 38.4 Å². The summed E-state index contributed by atoms with van der Waals surface area (Å²) < 4.78 is 0. The molecule has 120 valence electrons. The second-order valence-electron chi connectivity index (χ2n) is 6.31. The lowest BCUT2D eigenvalue weighted by Crippen LogP contribution is -2.38. The molecule has 2 aliphatic rings. The van der Waals surface area contributed by atoms with Gasteiger partial charge in [-0.2, -0.15) is 0 Å². The van der Waals surface area contributed by atoms with E-state index < -0.39 is 5.69 Å². The predicted octanol–water partition coefficient (Wildman–Crippen LogP) is 0.267. The van der Waals surface area contributed by atoms with Gasteiger partial charge in [0.25, 0.3) is 5.56 Å². The van der Waals surface area contributed by atoms with Crippen LogP contribution in [0.3, 0.4) is 0 Å². The number of nitrogens with one attached hydrogen (secondary N) is 3. The van der Waals surface area contributed by atoms with Gasteiger partial charge in [-0.1, -0.05) is 18.2 Å². The molecule has 6 nitrogen and oxygen atoms in total. The molecule has 2 aliphatic heterocycles. The Hall–Kier alpha value is -2.18. The summed E-state index contributed by atoms with van der Waals surface area (Å²) in [5.74, 6) is 0. The second-order valence-corrected chi connectivity index (χ2v) is 6.31. The van der Waals surface area contributed by atoms with Crippen molar-refractivity contribution in [3.63, 3.8) is 0 Å². The summed E-state index contributed by atoms with van der Waals surface area (Å²) in [6.07, 6.45) is 1.74. The minimum Gasteiger partial charge on any atom is -0.312 e. The van der Waals surface area contributed by atoms with Crippen molar-refractivity contribution in [2.45, 2.75) is 32.5 Å². The maximum Gasteiger partial charge on any atom is 0.325 e. The summed E-state index contributed by atoms with van der Waals surface area (Å²) in [5, 5.41) is 3.41. The SMILES string of the molecule is O=c1[nH]c2c(c(=O)[nH]1)CCN(Cc1cccc3c1CCNC3)C2. The van der Waals surface area contributed by atoms with Gasteiger partial charge in [-0.15, -0.1) is 0 Å². The van der Waals surface area contributed by atoms with Gasteiger partial charge in [-0.3, -0.25) is 14.7 Å². The van der Waals surface area contributed by atoms with Crippen molar-refractivity contribution in [2.24, 2.45) is 0 Å². The van der Waals surface area contributed by atoms with E-state index in [1.54, 1.807) is 0 Å². The highest BCUT2D eigenvalue weighted by atomic mass is 16.2. The molecule has 0 fully saturated rings. The molecule has 2 aromatic rings. The highest BCUT2D eigenvalue weighted by Crippen LogP contribution is 2.22. The minimum atomic E-state index is -0.418. The zero-order chi connectivity index (χ0) is 15.8. The standard InChI is InChI=1S/C17H20N4O2/c22-16-14-5-7-21(10-15(14)19-17(23)20-16)9-12-3-1-2-11-8-18-6-4-13(11)12/h1-3,18H,4-10H2,(H2,19,20,22,23). The predicted molar refractivity (Wildman–Crippen MR) is 87.4 cm³/mol. The van der Waals surface area contributed by atoms with Gasteiger partial charge >= 0.3 is 5.69 Å². The molecule has 1 aromatic carbocycles. The van der Waals surface area contributed by atoms with E-state index in [9.17, 15) is 9.59 Å². The Morgan fingerprint density at radius 3 is 2.91 bits per heavy atom. The highest BCUT2D eigenvalue weighted by molar-refractivity contribution is 5.37. The Balaban J connectivity index is 1.59. The van der Waals surface area contributed by atoms with Gasteiger partial charge < -0.3 is 10.3 Å².